The van der Waals surface area contributed by atoms with Gasteiger partial charge in [0.2, 0.25) is 5.37 Å². The number of alkyl halides is 2. The molecule has 8 atom stereocenters. The quantitative estimate of drug-likeness (QED) is 0.0732. The minimum Gasteiger partial charge on any atom is -0.748 e. The van der Waals surface area contributed by atoms with Gasteiger partial charge in [0.1, 0.15) is 12.6 Å². The lowest BCUT2D eigenvalue weighted by molar-refractivity contribution is -0.912. The second kappa shape index (κ2) is 16.8. The van der Waals surface area contributed by atoms with Gasteiger partial charge in [0.25, 0.3) is 5.88 Å². The fraction of sp³-hybridized carbons (Fsp3) is 0.872. The number of allylic oxidation sites excluding steroid dienone is 2. The van der Waals surface area contributed by atoms with Crippen LogP contribution in [0.15, 0.2) is 23.6 Å². The zero-order valence-electron chi connectivity index (χ0n) is 31.3. The lowest BCUT2D eigenvalue weighted by Crippen LogP contribution is -2.60. The van der Waals surface area contributed by atoms with Gasteiger partial charge in [0, 0.05) is 53.6 Å². The summed E-state index contributed by atoms with van der Waals surface area (Å²) in [4.78, 5) is 1.21. The predicted octanol–water partition coefficient (Wildman–Crippen LogP) is 7.77. The van der Waals surface area contributed by atoms with Crippen molar-refractivity contribution >= 4 is 58.0 Å². The maximum absolute atomic E-state index is 13.1. The summed E-state index contributed by atoms with van der Waals surface area (Å²) in [5.74, 6) is 3.61. The first kappa shape index (κ1) is 40.7. The van der Waals surface area contributed by atoms with Crippen molar-refractivity contribution in [2.45, 2.75) is 168 Å². The molecule has 2 saturated heterocycles. The van der Waals surface area contributed by atoms with Crippen LogP contribution in [-0.4, -0.2) is 99.1 Å². The summed E-state index contributed by atoms with van der Waals surface area (Å²) >= 11 is 7.64. The Morgan fingerprint density at radius 2 is 1.43 bits per heavy atom. The van der Waals surface area contributed by atoms with E-state index >= 15 is 0 Å². The fourth-order valence-corrected chi connectivity index (χ4v) is 14.7. The number of nitrogens with zero attached hydrogens (tertiary/aromatic N) is 2. The minimum absolute atomic E-state index is 0.00202. The van der Waals surface area contributed by atoms with Crippen LogP contribution < -0.4 is 0 Å². The standard InChI is InChI=1S/C39H60Br2N2O8S2/c1-2-26(22-37-42(19-3-4-21-52(44,45)46)33-24-29(11-17-35(33)50-37)27-7-13-31(40)14-8-27)23-38-43(20-5-6-39(43)53(47,48)49)34-25-30(12-18-36(34)51-38)28-9-15-32(41)16-10-28/h22-23,27-36,39H,2-21,24-25H2,1H3/p+1. The number of rotatable bonds is 11. The molecular formula is C39H61Br2N2O8S2+. The predicted molar refractivity (Wildman–Crippen MR) is 211 cm³/mol. The maximum atomic E-state index is 13.1. The largest absolute Gasteiger partial charge is 0.748 e. The molecule has 0 bridgehead atoms. The van der Waals surface area contributed by atoms with E-state index in [9.17, 15) is 25.9 Å². The highest BCUT2D eigenvalue weighted by molar-refractivity contribution is 9.09. The topological polar surface area (TPSA) is 133 Å². The maximum Gasteiger partial charge on any atom is 0.363 e. The summed E-state index contributed by atoms with van der Waals surface area (Å²) < 4.78 is 87.4. The summed E-state index contributed by atoms with van der Waals surface area (Å²) in [5.41, 5.74) is 0.984. The summed E-state index contributed by atoms with van der Waals surface area (Å²) in [5, 5.41) is -0.928. The van der Waals surface area contributed by atoms with Crippen LogP contribution in [0.25, 0.3) is 0 Å². The van der Waals surface area contributed by atoms with E-state index in [2.05, 4.69) is 55.5 Å². The average Bonchev–Trinajstić information content (AvgIpc) is 3.80. The molecular weight excluding hydrogens is 848 g/mol. The highest BCUT2D eigenvalue weighted by atomic mass is 79.9. The molecule has 4 saturated carbocycles. The van der Waals surface area contributed by atoms with Gasteiger partial charge in [0.05, 0.1) is 22.7 Å². The highest BCUT2D eigenvalue weighted by Crippen LogP contribution is 2.53. The van der Waals surface area contributed by atoms with E-state index in [-0.39, 0.29) is 34.5 Å². The monoisotopic (exact) mass is 907 g/mol. The normalized spacial score (nSPS) is 41.7. The Labute approximate surface area is 334 Å². The zero-order chi connectivity index (χ0) is 37.5. The second-order valence-corrected chi connectivity index (χ2v) is 23.1. The molecule has 3 heterocycles. The lowest BCUT2D eigenvalue weighted by atomic mass is 9.71. The molecule has 4 aliphatic carbocycles. The van der Waals surface area contributed by atoms with E-state index in [0.717, 1.165) is 50.0 Å². The van der Waals surface area contributed by atoms with Crippen molar-refractivity contribution in [3.8, 4) is 0 Å². The second-order valence-electron chi connectivity index (χ2n) is 17.4. The number of fused-ring (bicyclic) bond motifs is 3. The smallest absolute Gasteiger partial charge is 0.363 e. The molecule has 3 aliphatic heterocycles. The van der Waals surface area contributed by atoms with Crippen molar-refractivity contribution < 1.29 is 44.5 Å². The number of hydrogen-bond acceptors (Lipinski definition) is 7. The van der Waals surface area contributed by atoms with Gasteiger partial charge in [-0.15, -0.1) is 0 Å². The molecule has 1 N–H and O–H groups in total. The number of quaternary nitrogens is 1. The number of hydrogen-bond donors (Lipinski definition) is 1. The van der Waals surface area contributed by atoms with E-state index in [1.807, 2.05) is 0 Å². The zero-order valence-corrected chi connectivity index (χ0v) is 36.1. The van der Waals surface area contributed by atoms with Crippen molar-refractivity contribution in [3.05, 3.63) is 23.6 Å². The van der Waals surface area contributed by atoms with Crippen LogP contribution in [0.3, 0.4) is 0 Å². The third kappa shape index (κ3) is 8.98. The van der Waals surface area contributed by atoms with Crippen molar-refractivity contribution in [2.24, 2.45) is 23.7 Å². The van der Waals surface area contributed by atoms with Crippen LogP contribution in [0, 0.1) is 23.7 Å². The van der Waals surface area contributed by atoms with Gasteiger partial charge in [-0.2, -0.15) is 13.0 Å². The first-order valence-electron chi connectivity index (χ1n) is 20.7. The number of unbranched alkanes of at least 4 members (excludes halogenated alkanes) is 1. The number of ether oxygens (including phenoxy) is 2. The molecule has 0 aromatic heterocycles. The molecule has 6 fully saturated rings. The van der Waals surface area contributed by atoms with Crippen LogP contribution in [0.1, 0.15) is 129 Å². The van der Waals surface area contributed by atoms with Crippen molar-refractivity contribution in [3.63, 3.8) is 0 Å². The summed E-state index contributed by atoms with van der Waals surface area (Å²) in [6, 6.07) is 0.192. The van der Waals surface area contributed by atoms with Gasteiger partial charge in [-0.3, -0.25) is 4.55 Å². The number of halogens is 2. The van der Waals surface area contributed by atoms with Crippen LogP contribution in [0.2, 0.25) is 0 Å². The Morgan fingerprint density at radius 1 is 0.830 bits per heavy atom. The molecule has 7 rings (SSSR count). The average molecular weight is 910 g/mol. The molecule has 1 spiro atoms. The molecule has 8 unspecified atom stereocenters. The molecule has 10 nitrogen and oxygen atoms in total. The Bertz CT molecular complexity index is 1640. The van der Waals surface area contributed by atoms with Crippen LogP contribution in [0.4, 0.5) is 0 Å². The minimum atomic E-state index is -4.34. The van der Waals surface area contributed by atoms with E-state index in [4.69, 9.17) is 9.47 Å². The molecule has 0 aromatic rings. The first-order chi connectivity index (χ1) is 25.2. The Hall–Kier alpha value is -0.510. The third-order valence-electron chi connectivity index (χ3n) is 14.5. The molecule has 7 aliphatic rings. The van der Waals surface area contributed by atoms with Crippen LogP contribution in [-0.2, 0) is 29.7 Å². The Kier molecular flexibility index (Phi) is 12.9. The molecule has 0 aromatic carbocycles. The van der Waals surface area contributed by atoms with Gasteiger partial charge >= 0.3 is 16.0 Å². The van der Waals surface area contributed by atoms with E-state index in [1.165, 1.54) is 51.4 Å². The Morgan fingerprint density at radius 3 is 2.04 bits per heavy atom. The van der Waals surface area contributed by atoms with E-state index in [0.29, 0.717) is 84.4 Å². The fourth-order valence-electron chi connectivity index (χ4n) is 11.7. The Balaban J connectivity index is 1.19. The van der Waals surface area contributed by atoms with Gasteiger partial charge in [-0.05, 0) is 119 Å². The van der Waals surface area contributed by atoms with Crippen molar-refractivity contribution in [2.75, 3.05) is 18.8 Å². The first-order valence-corrected chi connectivity index (χ1v) is 25.6. The molecule has 14 heteroatoms. The SMILES string of the molecule is CCC(=CC1=[N+](CCCCS(=O)(=O)[O-])C2CC(C3CCC(Br)CC3)CCC2O1)C=C1OC2CCC(C3CCC(Br)CC3)CC2[N+]12CCCC2S(=O)(=O)O. The van der Waals surface area contributed by atoms with E-state index < -0.39 is 25.6 Å². The van der Waals surface area contributed by atoms with E-state index in [1.54, 1.807) is 0 Å². The third-order valence-corrected chi connectivity index (χ3v) is 18.4. The summed E-state index contributed by atoms with van der Waals surface area (Å²) in [7, 11) is -8.61. The molecule has 300 valence electrons. The van der Waals surface area contributed by atoms with Gasteiger partial charge < -0.3 is 14.0 Å². The summed E-state index contributed by atoms with van der Waals surface area (Å²) in [6.45, 7) is 3.35. The molecule has 0 amide bonds. The van der Waals surface area contributed by atoms with Crippen LogP contribution >= 0.6 is 31.9 Å². The van der Waals surface area contributed by atoms with Gasteiger partial charge in [0.15, 0.2) is 18.2 Å². The van der Waals surface area contributed by atoms with Crippen molar-refractivity contribution in [1.82, 2.24) is 0 Å². The van der Waals surface area contributed by atoms with Crippen LogP contribution in [0.5, 0.6) is 0 Å². The summed E-state index contributed by atoms with van der Waals surface area (Å²) in [6.07, 6.45) is 22.6. The van der Waals surface area contributed by atoms with Gasteiger partial charge in [-0.25, -0.2) is 12.9 Å². The highest BCUT2D eigenvalue weighted by Gasteiger charge is 2.65. The molecule has 0 radical (unpaired) electrons. The molecule has 53 heavy (non-hydrogen) atoms. The lowest BCUT2D eigenvalue weighted by Gasteiger charge is -2.43. The van der Waals surface area contributed by atoms with Gasteiger partial charge in [-0.1, -0.05) is 38.8 Å². The van der Waals surface area contributed by atoms with Crippen molar-refractivity contribution in [1.29, 1.82) is 0 Å².